The van der Waals surface area contributed by atoms with E-state index >= 15 is 0 Å². The predicted molar refractivity (Wildman–Crippen MR) is 62.1 cm³/mol. The van der Waals surface area contributed by atoms with Crippen molar-refractivity contribution in [2.24, 2.45) is 0 Å². The van der Waals surface area contributed by atoms with Crippen LogP contribution in [0.4, 0.5) is 13.2 Å². The molecule has 0 saturated heterocycles. The third kappa shape index (κ3) is 2.43. The van der Waals surface area contributed by atoms with Gasteiger partial charge in [0.2, 0.25) is 0 Å². The van der Waals surface area contributed by atoms with Crippen molar-refractivity contribution in [2.45, 2.75) is 19.0 Å². The number of fused-ring (bicyclic) bond motifs is 1. The maximum absolute atomic E-state index is 13.4. The molecule has 102 valence electrons. The van der Waals surface area contributed by atoms with Gasteiger partial charge in [0.1, 0.15) is 5.75 Å². The van der Waals surface area contributed by atoms with Crippen LogP contribution < -0.4 is 4.74 Å². The Bertz CT molecular complexity index is 552. The summed E-state index contributed by atoms with van der Waals surface area (Å²) in [5.74, 6) is -5.31. The van der Waals surface area contributed by atoms with Crippen LogP contribution in [-0.2, 0) is 4.79 Å². The van der Waals surface area contributed by atoms with Crippen molar-refractivity contribution in [1.29, 1.82) is 0 Å². The molecule has 3 nitrogen and oxygen atoms in total. The Morgan fingerprint density at radius 1 is 1.47 bits per heavy atom. The minimum Gasteiger partial charge on any atom is -0.478 e. The van der Waals surface area contributed by atoms with Gasteiger partial charge < -0.3 is 9.84 Å². The number of carbonyl (C=O) groups is 1. The molecular formula is C13H11F3O3. The second-order valence-corrected chi connectivity index (χ2v) is 4.34. The monoisotopic (exact) mass is 272 g/mol. The topological polar surface area (TPSA) is 46.5 Å². The minimum atomic E-state index is -3.88. The van der Waals surface area contributed by atoms with E-state index < -0.39 is 30.2 Å². The highest BCUT2D eigenvalue weighted by Crippen LogP contribution is 2.37. The molecule has 1 aliphatic heterocycles. The van der Waals surface area contributed by atoms with Crippen LogP contribution in [0.2, 0.25) is 0 Å². The van der Waals surface area contributed by atoms with Gasteiger partial charge in [-0.15, -0.1) is 0 Å². The number of aryl methyl sites for hydroxylation is 1. The van der Waals surface area contributed by atoms with Crippen LogP contribution in [0.5, 0.6) is 5.75 Å². The summed E-state index contributed by atoms with van der Waals surface area (Å²) in [5, 5.41) is 8.96. The zero-order valence-corrected chi connectivity index (χ0v) is 9.99. The number of rotatable bonds is 3. The summed E-state index contributed by atoms with van der Waals surface area (Å²) in [7, 11) is 0. The van der Waals surface area contributed by atoms with E-state index in [1.807, 2.05) is 0 Å². The highest BCUT2D eigenvalue weighted by Gasteiger charge is 2.48. The van der Waals surface area contributed by atoms with E-state index in [-0.39, 0.29) is 5.75 Å². The summed E-state index contributed by atoms with van der Waals surface area (Å²) >= 11 is 0. The first-order chi connectivity index (χ1) is 8.85. The molecule has 6 heteroatoms. The Kier molecular flexibility index (Phi) is 3.26. The van der Waals surface area contributed by atoms with E-state index in [1.165, 1.54) is 6.07 Å². The van der Waals surface area contributed by atoms with Gasteiger partial charge in [-0.05, 0) is 25.1 Å². The molecule has 1 heterocycles. The first kappa shape index (κ1) is 13.5. The normalized spacial score (nSPS) is 18.3. The zero-order chi connectivity index (χ0) is 14.2. The number of carboxylic acid groups (broad SMARTS) is 1. The van der Waals surface area contributed by atoms with Crippen LogP contribution in [0.15, 0.2) is 23.8 Å². The van der Waals surface area contributed by atoms with Gasteiger partial charge in [0.15, 0.2) is 12.8 Å². The lowest BCUT2D eigenvalue weighted by Gasteiger charge is -2.30. The van der Waals surface area contributed by atoms with E-state index in [2.05, 4.69) is 0 Å². The van der Waals surface area contributed by atoms with Crippen LogP contribution in [0.25, 0.3) is 6.08 Å². The summed E-state index contributed by atoms with van der Waals surface area (Å²) < 4.78 is 44.2. The lowest BCUT2D eigenvalue weighted by Crippen LogP contribution is -2.44. The van der Waals surface area contributed by atoms with E-state index in [1.54, 1.807) is 19.1 Å². The van der Waals surface area contributed by atoms with Gasteiger partial charge in [0.25, 0.3) is 0 Å². The molecular weight excluding hydrogens is 261 g/mol. The van der Waals surface area contributed by atoms with Crippen molar-refractivity contribution >= 4 is 12.0 Å². The minimum absolute atomic E-state index is 0.119. The number of hydrogen-bond donors (Lipinski definition) is 1. The molecule has 19 heavy (non-hydrogen) atoms. The molecule has 0 aliphatic carbocycles. The highest BCUT2D eigenvalue weighted by molar-refractivity contribution is 5.95. The molecule has 2 rings (SSSR count). The van der Waals surface area contributed by atoms with E-state index in [4.69, 9.17) is 9.84 Å². The molecule has 1 N–H and O–H groups in total. The maximum atomic E-state index is 13.4. The average Bonchev–Trinajstić information content (AvgIpc) is 2.36. The molecule has 0 fully saturated rings. The van der Waals surface area contributed by atoms with Gasteiger partial charge in [0.05, 0.1) is 5.57 Å². The summed E-state index contributed by atoms with van der Waals surface area (Å²) in [6.45, 7) is -0.208. The third-order valence-corrected chi connectivity index (χ3v) is 2.81. The molecule has 1 aromatic rings. The quantitative estimate of drug-likeness (QED) is 0.920. The van der Waals surface area contributed by atoms with Crippen molar-refractivity contribution in [3.8, 4) is 5.75 Å². The summed E-state index contributed by atoms with van der Waals surface area (Å²) in [6.07, 6.45) is -1.02. The summed E-state index contributed by atoms with van der Waals surface area (Å²) in [4.78, 5) is 11.0. The molecule has 1 aliphatic rings. The Morgan fingerprint density at radius 2 is 2.16 bits per heavy atom. The number of aliphatic carboxylic acids is 1. The fraction of sp³-hybridized carbons (Fsp3) is 0.308. The number of carboxylic acids is 1. The zero-order valence-electron chi connectivity index (χ0n) is 9.99. The van der Waals surface area contributed by atoms with E-state index in [9.17, 15) is 18.0 Å². The van der Waals surface area contributed by atoms with Crippen LogP contribution in [0.1, 0.15) is 11.1 Å². The molecule has 0 spiro atoms. The van der Waals surface area contributed by atoms with Crippen molar-refractivity contribution in [3.63, 3.8) is 0 Å². The second kappa shape index (κ2) is 4.60. The second-order valence-electron chi connectivity index (χ2n) is 4.34. The Balaban J connectivity index is 2.52. The molecule has 0 bridgehead atoms. The number of ether oxygens (including phenoxy) is 1. The van der Waals surface area contributed by atoms with Crippen molar-refractivity contribution in [1.82, 2.24) is 0 Å². The molecule has 1 aromatic carbocycles. The maximum Gasteiger partial charge on any atom is 0.335 e. The van der Waals surface area contributed by atoms with E-state index in [0.29, 0.717) is 5.56 Å². The summed E-state index contributed by atoms with van der Waals surface area (Å²) in [6, 6.07) is 4.71. The van der Waals surface area contributed by atoms with Gasteiger partial charge in [-0.25, -0.2) is 9.18 Å². The predicted octanol–water partition coefficient (Wildman–Crippen LogP) is 2.83. The highest BCUT2D eigenvalue weighted by atomic mass is 19.3. The number of halogens is 3. The van der Waals surface area contributed by atoms with Crippen molar-refractivity contribution in [3.05, 3.63) is 34.9 Å². The lowest BCUT2D eigenvalue weighted by molar-refractivity contribution is -0.139. The Morgan fingerprint density at radius 3 is 2.74 bits per heavy atom. The van der Waals surface area contributed by atoms with Gasteiger partial charge in [0, 0.05) is 5.56 Å². The third-order valence-electron chi connectivity index (χ3n) is 2.81. The molecule has 0 saturated carbocycles. The Hall–Kier alpha value is -1.98. The lowest BCUT2D eigenvalue weighted by atomic mass is 9.97. The van der Waals surface area contributed by atoms with E-state index in [0.717, 1.165) is 11.6 Å². The molecule has 0 aromatic heterocycles. The summed E-state index contributed by atoms with van der Waals surface area (Å²) in [5.41, 5.74) is 0.572. The molecule has 0 radical (unpaired) electrons. The van der Waals surface area contributed by atoms with Crippen LogP contribution in [0.3, 0.4) is 0 Å². The molecule has 1 unspecified atom stereocenters. The smallest absolute Gasteiger partial charge is 0.335 e. The number of alkyl halides is 3. The molecule has 0 amide bonds. The average molecular weight is 272 g/mol. The Labute approximate surface area is 107 Å². The van der Waals surface area contributed by atoms with Gasteiger partial charge in [-0.2, -0.15) is 8.78 Å². The van der Waals surface area contributed by atoms with Gasteiger partial charge in [-0.1, -0.05) is 11.6 Å². The van der Waals surface area contributed by atoms with Crippen LogP contribution >= 0.6 is 0 Å². The number of benzene rings is 1. The largest absolute Gasteiger partial charge is 0.478 e. The SMILES string of the molecule is Cc1ccc2c(c1)C=C(C(=O)O)C(C(F)(F)CF)O2. The fourth-order valence-corrected chi connectivity index (χ4v) is 1.88. The number of hydrogen-bond acceptors (Lipinski definition) is 2. The standard InChI is InChI=1S/C13H11F3O3/c1-7-2-3-10-8(4-7)5-9(12(17)18)11(19-10)13(15,16)6-14/h2-5,11H,6H2,1H3,(H,17,18). The van der Waals surface area contributed by atoms with Crippen molar-refractivity contribution < 1.29 is 27.8 Å². The van der Waals surface area contributed by atoms with Crippen molar-refractivity contribution in [2.75, 3.05) is 6.67 Å². The fourth-order valence-electron chi connectivity index (χ4n) is 1.88. The van der Waals surface area contributed by atoms with Gasteiger partial charge in [-0.3, -0.25) is 0 Å². The first-order valence-corrected chi connectivity index (χ1v) is 5.51. The van der Waals surface area contributed by atoms with Gasteiger partial charge >= 0.3 is 11.9 Å². The van der Waals surface area contributed by atoms with Crippen LogP contribution in [0, 0.1) is 6.92 Å². The van der Waals surface area contributed by atoms with Crippen LogP contribution in [-0.4, -0.2) is 29.8 Å². The first-order valence-electron chi connectivity index (χ1n) is 5.51. The molecule has 1 atom stereocenters.